The third-order valence-electron chi connectivity index (χ3n) is 10.2. The summed E-state index contributed by atoms with van der Waals surface area (Å²) < 4.78 is 36.0. The summed E-state index contributed by atoms with van der Waals surface area (Å²) in [4.78, 5) is 34.6. The Morgan fingerprint density at radius 2 is 1.53 bits per heavy atom. The molecule has 10 nitrogen and oxygen atoms in total. The molecule has 2 aliphatic rings. The molecule has 1 fully saturated rings. The minimum atomic E-state index is -0.572. The third-order valence-corrected chi connectivity index (χ3v) is 10.2. The Bertz CT molecular complexity index is 2200. The Balaban J connectivity index is 1.09. The molecular formula is C44H48FN5O5. The monoisotopic (exact) mass is 745 g/mol. The maximum Gasteiger partial charge on any atom is 0.410 e. The minimum Gasteiger partial charge on any atom is -0.473 e. The summed E-state index contributed by atoms with van der Waals surface area (Å²) in [5, 5.41) is 5.42. The number of fused-ring (bicyclic) bond motifs is 1. The molecule has 0 saturated carbocycles. The lowest BCUT2D eigenvalue weighted by Gasteiger charge is -2.39. The van der Waals surface area contributed by atoms with Crippen molar-refractivity contribution in [1.82, 2.24) is 24.6 Å². The lowest BCUT2D eigenvalue weighted by Crippen LogP contribution is -2.50. The van der Waals surface area contributed by atoms with E-state index in [1.165, 1.54) is 0 Å². The van der Waals surface area contributed by atoms with Crippen LogP contribution in [0.1, 0.15) is 57.2 Å². The highest BCUT2D eigenvalue weighted by Gasteiger charge is 2.37. The van der Waals surface area contributed by atoms with Gasteiger partial charge in [-0.25, -0.2) is 9.18 Å². The largest absolute Gasteiger partial charge is 0.473 e. The van der Waals surface area contributed by atoms with Gasteiger partial charge in [-0.2, -0.15) is 10.1 Å². The Morgan fingerprint density at radius 1 is 0.855 bits per heavy atom. The SMILES string of the molecule is C[C@@H]1CN(C(=O)OC(C)(C)C)CC[C@@H]1C(=O)N1CC=C(c2ccc3c(-c4ccc(OCc5ccccc5)nc4OCc4ccccc4)nn(C)c3c2F)CC1. The Labute approximate surface area is 321 Å². The second-order valence-corrected chi connectivity index (χ2v) is 15.4. The van der Waals surface area contributed by atoms with Crippen molar-refractivity contribution in [2.24, 2.45) is 18.9 Å². The molecule has 0 bridgehead atoms. The van der Waals surface area contributed by atoms with Gasteiger partial charge in [-0.05, 0) is 68.4 Å². The molecular weight excluding hydrogens is 698 g/mol. The summed E-state index contributed by atoms with van der Waals surface area (Å²) in [6.45, 7) is 10.0. The number of amides is 2. The number of carbonyl (C=O) groups is 2. The molecule has 2 aliphatic heterocycles. The molecule has 11 heteroatoms. The van der Waals surface area contributed by atoms with Crippen molar-refractivity contribution >= 4 is 28.5 Å². The quantitative estimate of drug-likeness (QED) is 0.149. The van der Waals surface area contributed by atoms with Gasteiger partial charge in [0.25, 0.3) is 0 Å². The Hall–Kier alpha value is -5.71. The maximum absolute atomic E-state index is 16.6. The van der Waals surface area contributed by atoms with Crippen LogP contribution in [-0.2, 0) is 29.8 Å². The van der Waals surface area contributed by atoms with Crippen molar-refractivity contribution in [2.75, 3.05) is 26.2 Å². The van der Waals surface area contributed by atoms with Gasteiger partial charge < -0.3 is 24.0 Å². The van der Waals surface area contributed by atoms with E-state index in [2.05, 4.69) is 0 Å². The summed E-state index contributed by atoms with van der Waals surface area (Å²) in [7, 11) is 1.74. The first-order valence-electron chi connectivity index (χ1n) is 18.9. The van der Waals surface area contributed by atoms with Crippen LogP contribution in [0.4, 0.5) is 9.18 Å². The molecule has 0 radical (unpaired) electrons. The van der Waals surface area contributed by atoms with Crippen LogP contribution >= 0.6 is 0 Å². The number of hydrogen-bond acceptors (Lipinski definition) is 7. The van der Waals surface area contributed by atoms with Crippen LogP contribution in [0.2, 0.25) is 0 Å². The first-order valence-corrected chi connectivity index (χ1v) is 18.9. The number of ether oxygens (including phenoxy) is 3. The van der Waals surface area contributed by atoms with E-state index in [0.717, 1.165) is 16.7 Å². The smallest absolute Gasteiger partial charge is 0.410 e. The molecule has 2 atom stereocenters. The number of halogens is 1. The standard InChI is InChI=1S/C44H48FN5O5/c1-29-26-50(43(52)55-44(2,3)4)25-22-33(29)42(51)49-23-20-32(21-24-49)34-16-17-35-39(47-48(5)40(35)38(34)45)36-18-19-37(53-27-30-12-8-6-9-13-30)46-41(36)54-28-31-14-10-7-11-15-31/h6-20,29,33H,21-28H2,1-5H3/t29-,33+/m1/s1. The fraction of sp³-hybridized carbons (Fsp3) is 0.364. The number of rotatable bonds is 9. The highest BCUT2D eigenvalue weighted by molar-refractivity contribution is 5.96. The number of benzene rings is 3. The molecule has 1 saturated heterocycles. The lowest BCUT2D eigenvalue weighted by atomic mass is 9.85. The second-order valence-electron chi connectivity index (χ2n) is 15.4. The lowest BCUT2D eigenvalue weighted by molar-refractivity contribution is -0.138. The second kappa shape index (κ2) is 15.9. The molecule has 55 heavy (non-hydrogen) atoms. The van der Waals surface area contributed by atoms with Gasteiger partial charge in [0.2, 0.25) is 17.7 Å². The zero-order chi connectivity index (χ0) is 38.7. The molecule has 3 aromatic carbocycles. The summed E-state index contributed by atoms with van der Waals surface area (Å²) in [5.41, 5.74) is 4.32. The van der Waals surface area contributed by atoms with E-state index in [9.17, 15) is 9.59 Å². The van der Waals surface area contributed by atoms with E-state index >= 15 is 4.39 Å². The van der Waals surface area contributed by atoms with Crippen LogP contribution in [0.5, 0.6) is 11.8 Å². The van der Waals surface area contributed by atoms with Crippen LogP contribution in [0, 0.1) is 17.7 Å². The molecule has 7 rings (SSSR count). The molecule has 0 unspecified atom stereocenters. The van der Waals surface area contributed by atoms with E-state index in [1.807, 2.05) is 111 Å². The van der Waals surface area contributed by atoms with Crippen LogP contribution in [0.25, 0.3) is 27.7 Å². The first kappa shape index (κ1) is 37.6. The zero-order valence-corrected chi connectivity index (χ0v) is 32.1. The normalized spacial score (nSPS) is 17.5. The number of carbonyl (C=O) groups excluding carboxylic acids is 2. The molecule has 0 aliphatic carbocycles. The van der Waals surface area contributed by atoms with Gasteiger partial charge in [0.05, 0.1) is 5.56 Å². The zero-order valence-electron chi connectivity index (χ0n) is 32.1. The predicted octanol–water partition coefficient (Wildman–Crippen LogP) is 8.44. The van der Waals surface area contributed by atoms with E-state index in [0.29, 0.717) is 85.1 Å². The molecule has 2 amide bonds. The summed E-state index contributed by atoms with van der Waals surface area (Å²) in [5.74, 6) is 0.264. The van der Waals surface area contributed by atoms with Crippen LogP contribution in [0.15, 0.2) is 91.0 Å². The Kier molecular flexibility index (Phi) is 10.9. The number of hydrogen-bond donors (Lipinski definition) is 0. The van der Waals surface area contributed by atoms with Crippen LogP contribution < -0.4 is 9.47 Å². The van der Waals surface area contributed by atoms with Crippen LogP contribution in [0.3, 0.4) is 0 Å². The van der Waals surface area contributed by atoms with E-state index in [1.54, 1.807) is 28.8 Å². The highest BCUT2D eigenvalue weighted by Crippen LogP contribution is 2.38. The number of aromatic nitrogens is 3. The maximum atomic E-state index is 16.6. The van der Waals surface area contributed by atoms with Gasteiger partial charge in [0, 0.05) is 56.2 Å². The minimum absolute atomic E-state index is 0.00416. The summed E-state index contributed by atoms with van der Waals surface area (Å²) in [6.07, 6.45) is 2.72. The van der Waals surface area contributed by atoms with Gasteiger partial charge in [-0.15, -0.1) is 0 Å². The molecule has 0 N–H and O–H groups in total. The fourth-order valence-electron chi connectivity index (χ4n) is 7.38. The van der Waals surface area contributed by atoms with Gasteiger partial charge in [-0.3, -0.25) is 9.48 Å². The van der Waals surface area contributed by atoms with Gasteiger partial charge >= 0.3 is 6.09 Å². The summed E-state index contributed by atoms with van der Waals surface area (Å²) in [6, 6.07) is 27.0. The summed E-state index contributed by atoms with van der Waals surface area (Å²) >= 11 is 0. The van der Waals surface area contributed by atoms with E-state index in [-0.39, 0.29) is 36.3 Å². The number of piperidine rings is 1. The fourth-order valence-corrected chi connectivity index (χ4v) is 7.38. The number of pyridine rings is 1. The van der Waals surface area contributed by atoms with Crippen molar-refractivity contribution in [2.45, 2.75) is 59.4 Å². The van der Waals surface area contributed by atoms with Crippen molar-refractivity contribution < 1.29 is 28.2 Å². The number of nitrogens with zero attached hydrogens (tertiary/aromatic N) is 5. The average molecular weight is 746 g/mol. The van der Waals surface area contributed by atoms with Crippen molar-refractivity contribution in [1.29, 1.82) is 0 Å². The van der Waals surface area contributed by atoms with Crippen molar-refractivity contribution in [3.8, 4) is 23.0 Å². The van der Waals surface area contributed by atoms with E-state index < -0.39 is 5.60 Å². The highest BCUT2D eigenvalue weighted by atomic mass is 19.1. The van der Waals surface area contributed by atoms with Crippen molar-refractivity contribution in [3.63, 3.8) is 0 Å². The third kappa shape index (κ3) is 8.51. The van der Waals surface area contributed by atoms with Gasteiger partial charge in [0.1, 0.15) is 30.0 Å². The molecule has 2 aromatic heterocycles. The topological polar surface area (TPSA) is 99.0 Å². The van der Waals surface area contributed by atoms with Gasteiger partial charge in [0.15, 0.2) is 5.82 Å². The number of likely N-dealkylation sites (tertiary alicyclic amines) is 1. The average Bonchev–Trinajstić information content (AvgIpc) is 3.52. The van der Waals surface area contributed by atoms with Gasteiger partial charge in [-0.1, -0.05) is 79.7 Å². The van der Waals surface area contributed by atoms with E-state index in [4.69, 9.17) is 24.3 Å². The molecule has 286 valence electrons. The molecule has 0 spiro atoms. The Morgan fingerprint density at radius 3 is 2.16 bits per heavy atom. The molecule has 5 aromatic rings. The molecule has 4 heterocycles. The number of aryl methyl sites for hydroxylation is 1. The first-order chi connectivity index (χ1) is 26.4. The van der Waals surface area contributed by atoms with Crippen molar-refractivity contribution in [3.05, 3.63) is 114 Å². The predicted molar refractivity (Wildman–Crippen MR) is 210 cm³/mol. The van der Waals surface area contributed by atoms with Crippen LogP contribution in [-0.4, -0.2) is 68.3 Å².